The molecule has 0 saturated heterocycles. The Hall–Kier alpha value is -1.26. The van der Waals surface area contributed by atoms with Crippen molar-refractivity contribution in [3.63, 3.8) is 0 Å². The van der Waals surface area contributed by atoms with Crippen LogP contribution in [0, 0.1) is 13.8 Å². The number of hydrogen-bond donors (Lipinski definition) is 1. The van der Waals surface area contributed by atoms with E-state index in [0.29, 0.717) is 16.1 Å². The van der Waals surface area contributed by atoms with Crippen LogP contribution in [0.3, 0.4) is 0 Å². The summed E-state index contributed by atoms with van der Waals surface area (Å²) in [7, 11) is 0. The van der Waals surface area contributed by atoms with Gasteiger partial charge in [-0.3, -0.25) is 0 Å². The van der Waals surface area contributed by atoms with Crippen LogP contribution in [0.1, 0.15) is 11.1 Å². The summed E-state index contributed by atoms with van der Waals surface area (Å²) in [6, 6.07) is 7.95. The highest BCUT2D eigenvalue weighted by atomic mass is 35.5. The van der Waals surface area contributed by atoms with Gasteiger partial charge in [0.1, 0.15) is 11.0 Å². The lowest BCUT2D eigenvalue weighted by Crippen LogP contribution is -1.98. The van der Waals surface area contributed by atoms with Crippen molar-refractivity contribution in [1.29, 1.82) is 0 Å². The smallest absolute Gasteiger partial charge is 0.190 e. The second-order valence-electron chi connectivity index (χ2n) is 4.01. The molecule has 1 aromatic carbocycles. The van der Waals surface area contributed by atoms with Crippen LogP contribution in [0.5, 0.6) is 0 Å². The molecule has 0 radical (unpaired) electrons. The predicted octanol–water partition coefficient (Wildman–Crippen LogP) is 4.21. The van der Waals surface area contributed by atoms with Crippen molar-refractivity contribution in [2.75, 3.05) is 11.6 Å². The molecule has 0 unspecified atom stereocenters. The van der Waals surface area contributed by atoms with Crippen molar-refractivity contribution >= 4 is 34.9 Å². The highest BCUT2D eigenvalue weighted by Crippen LogP contribution is 2.23. The number of aryl methyl sites for hydroxylation is 2. The second-order valence-corrected chi connectivity index (χ2v) is 5.17. The molecule has 5 heteroatoms. The van der Waals surface area contributed by atoms with E-state index in [-0.39, 0.29) is 0 Å². The number of aromatic nitrogens is 2. The molecule has 0 saturated carbocycles. The minimum Gasteiger partial charge on any atom is -0.340 e. The average Bonchev–Trinajstić information content (AvgIpc) is 2.32. The van der Waals surface area contributed by atoms with Gasteiger partial charge in [-0.25, -0.2) is 9.97 Å². The van der Waals surface area contributed by atoms with Crippen molar-refractivity contribution in [2.45, 2.75) is 19.0 Å². The SMILES string of the molecule is CSc1nc(Cl)cc(Nc2ccc(C)cc2C)n1. The van der Waals surface area contributed by atoms with Crippen molar-refractivity contribution in [3.8, 4) is 0 Å². The first-order valence-electron chi connectivity index (χ1n) is 5.51. The van der Waals surface area contributed by atoms with Crippen LogP contribution < -0.4 is 5.32 Å². The van der Waals surface area contributed by atoms with E-state index in [2.05, 4.69) is 41.3 Å². The van der Waals surface area contributed by atoms with Crippen LogP contribution in [0.2, 0.25) is 5.15 Å². The predicted molar refractivity (Wildman–Crippen MR) is 78.0 cm³/mol. The van der Waals surface area contributed by atoms with E-state index in [1.807, 2.05) is 12.3 Å². The van der Waals surface area contributed by atoms with Gasteiger partial charge < -0.3 is 5.32 Å². The van der Waals surface area contributed by atoms with Crippen LogP contribution >= 0.6 is 23.4 Å². The van der Waals surface area contributed by atoms with Gasteiger partial charge in [0.05, 0.1) is 0 Å². The fourth-order valence-corrected chi connectivity index (χ4v) is 2.26. The zero-order valence-corrected chi connectivity index (χ0v) is 12.1. The lowest BCUT2D eigenvalue weighted by Gasteiger charge is -2.10. The Morgan fingerprint density at radius 1 is 1.17 bits per heavy atom. The number of nitrogens with zero attached hydrogens (tertiary/aromatic N) is 2. The molecule has 0 fully saturated rings. The van der Waals surface area contributed by atoms with Gasteiger partial charge >= 0.3 is 0 Å². The lowest BCUT2D eigenvalue weighted by molar-refractivity contribution is 0.976. The largest absolute Gasteiger partial charge is 0.340 e. The van der Waals surface area contributed by atoms with Crippen LogP contribution in [-0.2, 0) is 0 Å². The first kappa shape index (κ1) is 13.2. The van der Waals surface area contributed by atoms with Crippen LogP contribution in [0.25, 0.3) is 0 Å². The van der Waals surface area contributed by atoms with Gasteiger partial charge in [-0.2, -0.15) is 0 Å². The van der Waals surface area contributed by atoms with Gasteiger partial charge in [-0.15, -0.1) is 0 Å². The highest BCUT2D eigenvalue weighted by molar-refractivity contribution is 7.98. The minimum atomic E-state index is 0.446. The lowest BCUT2D eigenvalue weighted by atomic mass is 10.1. The van der Waals surface area contributed by atoms with E-state index < -0.39 is 0 Å². The monoisotopic (exact) mass is 279 g/mol. The number of benzene rings is 1. The number of hydrogen-bond acceptors (Lipinski definition) is 4. The fraction of sp³-hybridized carbons (Fsp3) is 0.231. The molecule has 94 valence electrons. The quantitative estimate of drug-likeness (QED) is 0.519. The molecule has 2 rings (SSSR count). The normalized spacial score (nSPS) is 10.4. The van der Waals surface area contributed by atoms with Crippen molar-refractivity contribution in [2.24, 2.45) is 0 Å². The average molecular weight is 280 g/mol. The molecule has 3 nitrogen and oxygen atoms in total. The van der Waals surface area contributed by atoms with Crippen LogP contribution in [-0.4, -0.2) is 16.2 Å². The molecule has 0 bridgehead atoms. The van der Waals surface area contributed by atoms with E-state index in [1.54, 1.807) is 6.07 Å². The maximum Gasteiger partial charge on any atom is 0.190 e. The Morgan fingerprint density at radius 3 is 2.61 bits per heavy atom. The number of nitrogens with one attached hydrogen (secondary N) is 1. The molecule has 1 heterocycles. The Balaban J connectivity index is 2.30. The molecule has 0 spiro atoms. The molecule has 1 aromatic heterocycles. The van der Waals surface area contributed by atoms with Crippen LogP contribution in [0.4, 0.5) is 11.5 Å². The Labute approximate surface area is 116 Å². The fourth-order valence-electron chi connectivity index (χ4n) is 1.64. The minimum absolute atomic E-state index is 0.446. The first-order valence-corrected chi connectivity index (χ1v) is 7.11. The Kier molecular flexibility index (Phi) is 4.09. The third-order valence-electron chi connectivity index (χ3n) is 2.50. The third-order valence-corrected chi connectivity index (χ3v) is 3.24. The van der Waals surface area contributed by atoms with Crippen LogP contribution in [0.15, 0.2) is 29.4 Å². The van der Waals surface area contributed by atoms with E-state index in [9.17, 15) is 0 Å². The summed E-state index contributed by atoms with van der Waals surface area (Å²) in [5.74, 6) is 0.714. The highest BCUT2D eigenvalue weighted by Gasteiger charge is 2.04. The second kappa shape index (κ2) is 5.59. The summed E-state index contributed by atoms with van der Waals surface area (Å²) < 4.78 is 0. The number of rotatable bonds is 3. The van der Waals surface area contributed by atoms with Gasteiger partial charge in [0, 0.05) is 11.8 Å². The topological polar surface area (TPSA) is 37.8 Å². The van der Waals surface area contributed by atoms with Gasteiger partial charge in [0.25, 0.3) is 0 Å². The zero-order chi connectivity index (χ0) is 13.1. The zero-order valence-electron chi connectivity index (χ0n) is 10.5. The summed E-state index contributed by atoms with van der Waals surface area (Å²) in [5, 5.41) is 4.37. The standard InChI is InChI=1S/C13H14ClN3S/c1-8-4-5-10(9(2)6-8)15-12-7-11(14)16-13(17-12)18-3/h4-7H,1-3H3,(H,15,16,17). The summed E-state index contributed by atoms with van der Waals surface area (Å²) in [6.07, 6.45) is 1.92. The summed E-state index contributed by atoms with van der Waals surface area (Å²) in [4.78, 5) is 8.47. The summed E-state index contributed by atoms with van der Waals surface area (Å²) in [5.41, 5.74) is 3.45. The molecule has 0 aliphatic heterocycles. The Morgan fingerprint density at radius 2 is 1.94 bits per heavy atom. The van der Waals surface area contributed by atoms with E-state index in [0.717, 1.165) is 5.69 Å². The molecule has 0 aliphatic carbocycles. The molecular formula is C13H14ClN3S. The van der Waals surface area contributed by atoms with Crippen molar-refractivity contribution < 1.29 is 0 Å². The molecule has 18 heavy (non-hydrogen) atoms. The maximum atomic E-state index is 5.96. The first-order chi connectivity index (χ1) is 8.58. The van der Waals surface area contributed by atoms with Crippen molar-refractivity contribution in [1.82, 2.24) is 9.97 Å². The van der Waals surface area contributed by atoms with Gasteiger partial charge in [-0.05, 0) is 31.7 Å². The van der Waals surface area contributed by atoms with E-state index in [4.69, 9.17) is 11.6 Å². The van der Waals surface area contributed by atoms with Gasteiger partial charge in [0.2, 0.25) is 0 Å². The Bertz CT molecular complexity index is 572. The van der Waals surface area contributed by atoms with Crippen molar-refractivity contribution in [3.05, 3.63) is 40.5 Å². The molecule has 0 aliphatic rings. The number of halogens is 1. The van der Waals surface area contributed by atoms with Gasteiger partial charge in [0.15, 0.2) is 5.16 Å². The third kappa shape index (κ3) is 3.15. The maximum absolute atomic E-state index is 5.96. The number of thioether (sulfide) groups is 1. The molecule has 1 N–H and O–H groups in total. The van der Waals surface area contributed by atoms with E-state index >= 15 is 0 Å². The molecular weight excluding hydrogens is 266 g/mol. The molecule has 0 amide bonds. The number of anilines is 2. The van der Waals surface area contributed by atoms with Gasteiger partial charge in [-0.1, -0.05) is 41.1 Å². The summed E-state index contributed by atoms with van der Waals surface area (Å²) >= 11 is 7.42. The molecule has 2 aromatic rings. The molecule has 0 atom stereocenters. The summed E-state index contributed by atoms with van der Waals surface area (Å²) in [6.45, 7) is 4.14. The van der Waals surface area contributed by atoms with E-state index in [1.165, 1.54) is 22.9 Å².